The molecule has 4 saturated carbocycles. The van der Waals surface area contributed by atoms with Crippen LogP contribution < -0.4 is 25.8 Å². The van der Waals surface area contributed by atoms with Gasteiger partial charge in [0.15, 0.2) is 5.69 Å². The van der Waals surface area contributed by atoms with Crippen LogP contribution in [0, 0.1) is 23.7 Å². The summed E-state index contributed by atoms with van der Waals surface area (Å²) >= 11 is 0. The monoisotopic (exact) mass is 685 g/mol. The molecule has 7 rings (SSSR count). The minimum Gasteiger partial charge on any atom is -0.496 e. The number of carboxylic acids is 1. The van der Waals surface area contributed by atoms with Crippen LogP contribution in [0.3, 0.4) is 0 Å². The van der Waals surface area contributed by atoms with Crippen LogP contribution in [0.15, 0.2) is 42.5 Å². The van der Waals surface area contributed by atoms with E-state index in [2.05, 4.69) is 10.6 Å². The lowest BCUT2D eigenvalue weighted by molar-refractivity contribution is -0.163. The Morgan fingerprint density at radius 3 is 2.06 bits per heavy atom. The standard InChI is InChI=1S/C39H51N5O6/c1-7-38(8-2,21-40)41-35(45)28-13-12-27(19-29(28)22(3)4)44-31(34-32(49-5)10-9-11-33(34)50-6)20-30(43-44)36(46)42-39(37(47)48)25-15-23-14-24(17-25)18-26(39)16-23/h9-13,19-20,22-26H,7-8,14-18,21,40H2,1-6H3,(H,41,45)(H,42,46)(H,47,48). The topological polar surface area (TPSA) is 158 Å². The molecule has 5 N–H and O–H groups in total. The Morgan fingerprint density at radius 1 is 0.960 bits per heavy atom. The highest BCUT2D eigenvalue weighted by atomic mass is 16.5. The number of methoxy groups -OCH3 is 2. The molecule has 4 aliphatic rings. The van der Waals surface area contributed by atoms with Crippen molar-refractivity contribution in [3.8, 4) is 28.4 Å². The van der Waals surface area contributed by atoms with Crippen LogP contribution in [0.25, 0.3) is 16.9 Å². The number of hydrogen-bond acceptors (Lipinski definition) is 7. The number of benzene rings is 2. The van der Waals surface area contributed by atoms with Crippen LogP contribution in [-0.2, 0) is 4.79 Å². The molecule has 4 fully saturated rings. The van der Waals surface area contributed by atoms with Crippen molar-refractivity contribution in [1.82, 2.24) is 20.4 Å². The first-order chi connectivity index (χ1) is 23.9. The van der Waals surface area contributed by atoms with Gasteiger partial charge in [0.25, 0.3) is 11.8 Å². The highest BCUT2D eigenvalue weighted by Crippen LogP contribution is 2.58. The molecule has 1 aromatic heterocycles. The number of ether oxygens (including phenoxy) is 2. The summed E-state index contributed by atoms with van der Waals surface area (Å²) in [4.78, 5) is 41.0. The molecule has 3 aromatic rings. The third-order valence-electron chi connectivity index (χ3n) is 12.0. The van der Waals surface area contributed by atoms with Gasteiger partial charge in [-0.3, -0.25) is 9.59 Å². The van der Waals surface area contributed by atoms with Gasteiger partial charge in [-0.1, -0.05) is 33.8 Å². The summed E-state index contributed by atoms with van der Waals surface area (Å²) in [7, 11) is 3.13. The lowest BCUT2D eigenvalue weighted by Gasteiger charge is -2.59. The van der Waals surface area contributed by atoms with Crippen molar-refractivity contribution in [2.24, 2.45) is 29.4 Å². The van der Waals surface area contributed by atoms with Crippen molar-refractivity contribution in [2.45, 2.75) is 89.6 Å². The van der Waals surface area contributed by atoms with Gasteiger partial charge in [-0.25, -0.2) is 9.48 Å². The van der Waals surface area contributed by atoms with Crippen LogP contribution >= 0.6 is 0 Å². The van der Waals surface area contributed by atoms with Crippen molar-refractivity contribution >= 4 is 17.8 Å². The van der Waals surface area contributed by atoms with Gasteiger partial charge >= 0.3 is 5.97 Å². The summed E-state index contributed by atoms with van der Waals surface area (Å²) < 4.78 is 13.2. The van der Waals surface area contributed by atoms with E-state index in [0.717, 1.165) is 37.7 Å². The number of carbonyl (C=O) groups excluding carboxylic acids is 2. The van der Waals surface area contributed by atoms with Gasteiger partial charge in [0.2, 0.25) is 0 Å². The van der Waals surface area contributed by atoms with Gasteiger partial charge in [0.05, 0.1) is 36.7 Å². The van der Waals surface area contributed by atoms with E-state index in [0.29, 0.717) is 65.2 Å². The van der Waals surface area contributed by atoms with Crippen molar-refractivity contribution in [3.63, 3.8) is 0 Å². The van der Waals surface area contributed by atoms with Crippen LogP contribution in [0.1, 0.15) is 105 Å². The summed E-state index contributed by atoms with van der Waals surface area (Å²) in [5.74, 6) is 0.136. The highest BCUT2D eigenvalue weighted by Gasteiger charge is 2.62. The second-order valence-electron chi connectivity index (χ2n) is 14.9. The number of carbonyl (C=O) groups is 3. The Labute approximate surface area is 294 Å². The molecule has 1 heterocycles. The molecule has 0 saturated heterocycles. The molecule has 0 atom stereocenters. The molecule has 268 valence electrons. The summed E-state index contributed by atoms with van der Waals surface area (Å²) in [6.07, 6.45) is 5.84. The number of nitrogens with zero attached hydrogens (tertiary/aromatic N) is 2. The number of amides is 2. The molecule has 2 aromatic carbocycles. The van der Waals surface area contributed by atoms with Crippen molar-refractivity contribution in [1.29, 1.82) is 0 Å². The third kappa shape index (κ3) is 5.93. The van der Waals surface area contributed by atoms with Gasteiger partial charge in [-0.2, -0.15) is 5.10 Å². The minimum absolute atomic E-state index is 0.0267. The minimum atomic E-state index is -1.33. The fourth-order valence-electron chi connectivity index (χ4n) is 9.20. The maximum atomic E-state index is 14.2. The van der Waals surface area contributed by atoms with Crippen LogP contribution in [0.2, 0.25) is 0 Å². The molecule has 0 spiro atoms. The molecular weight excluding hydrogens is 634 g/mol. The summed E-state index contributed by atoms with van der Waals surface area (Å²) in [5, 5.41) is 21.8. The lowest BCUT2D eigenvalue weighted by atomic mass is 9.48. The normalized spacial score (nSPS) is 23.9. The Kier molecular flexibility index (Phi) is 9.74. The number of hydrogen-bond donors (Lipinski definition) is 4. The quantitative estimate of drug-likeness (QED) is 0.172. The molecule has 4 aliphatic carbocycles. The van der Waals surface area contributed by atoms with E-state index in [1.807, 2.05) is 39.8 Å². The van der Waals surface area contributed by atoms with Crippen LogP contribution in [0.5, 0.6) is 11.5 Å². The number of aromatic nitrogens is 2. The summed E-state index contributed by atoms with van der Waals surface area (Å²) in [6, 6.07) is 12.6. The fourth-order valence-corrected chi connectivity index (χ4v) is 9.20. The Hall–Kier alpha value is -4.38. The first-order valence-corrected chi connectivity index (χ1v) is 18.0. The van der Waals surface area contributed by atoms with Gasteiger partial charge in [-0.15, -0.1) is 0 Å². The second-order valence-corrected chi connectivity index (χ2v) is 14.9. The number of rotatable bonds is 13. The van der Waals surface area contributed by atoms with E-state index >= 15 is 0 Å². The van der Waals surface area contributed by atoms with E-state index < -0.39 is 23.0 Å². The smallest absolute Gasteiger partial charge is 0.330 e. The SMILES string of the molecule is CCC(CC)(CN)NC(=O)c1ccc(-n2nc(C(=O)NC3(C(=O)O)C4CC5CC(C4)CC3C5)cc2-c2c(OC)cccc2OC)cc1C(C)C. The molecule has 2 amide bonds. The summed E-state index contributed by atoms with van der Waals surface area (Å²) in [6.45, 7) is 8.41. The van der Waals surface area contributed by atoms with E-state index in [1.54, 1.807) is 49.2 Å². The largest absolute Gasteiger partial charge is 0.496 e. The molecule has 11 heteroatoms. The van der Waals surface area contributed by atoms with Gasteiger partial charge in [0.1, 0.15) is 17.0 Å². The number of aliphatic carboxylic acids is 1. The number of nitrogens with one attached hydrogen (secondary N) is 2. The zero-order valence-corrected chi connectivity index (χ0v) is 30.0. The molecule has 50 heavy (non-hydrogen) atoms. The Bertz CT molecular complexity index is 1720. The second kappa shape index (κ2) is 13.7. The van der Waals surface area contributed by atoms with Gasteiger partial charge in [0, 0.05) is 12.1 Å². The van der Waals surface area contributed by atoms with Crippen LogP contribution in [0.4, 0.5) is 0 Å². The molecule has 0 aliphatic heterocycles. The van der Waals surface area contributed by atoms with E-state index in [4.69, 9.17) is 20.3 Å². The Morgan fingerprint density at radius 2 is 1.56 bits per heavy atom. The first kappa shape index (κ1) is 35.4. The lowest BCUT2D eigenvalue weighted by Crippen LogP contribution is -2.70. The predicted octanol–water partition coefficient (Wildman–Crippen LogP) is 5.94. The molecule has 11 nitrogen and oxygen atoms in total. The predicted molar refractivity (Wildman–Crippen MR) is 191 cm³/mol. The maximum Gasteiger partial charge on any atom is 0.330 e. The molecule has 0 unspecified atom stereocenters. The van der Waals surface area contributed by atoms with Crippen LogP contribution in [-0.4, -0.2) is 64.5 Å². The average molecular weight is 686 g/mol. The zero-order chi connectivity index (χ0) is 36.0. The molecule has 4 bridgehead atoms. The van der Waals surface area contributed by atoms with Crippen molar-refractivity contribution in [3.05, 3.63) is 59.3 Å². The first-order valence-electron chi connectivity index (χ1n) is 18.0. The van der Waals surface area contributed by atoms with Gasteiger partial charge in [-0.05, 0) is 116 Å². The van der Waals surface area contributed by atoms with E-state index in [1.165, 1.54) is 0 Å². The number of nitrogens with two attached hydrogens (primary N) is 1. The number of carboxylic acid groups (broad SMARTS) is 1. The summed E-state index contributed by atoms with van der Waals surface area (Å²) in [5.41, 5.74) is 7.40. The molecule has 0 radical (unpaired) electrons. The molecular formula is C39H51N5O6. The van der Waals surface area contributed by atoms with Crippen molar-refractivity contribution in [2.75, 3.05) is 20.8 Å². The zero-order valence-electron chi connectivity index (χ0n) is 30.0. The fraction of sp³-hybridized carbons (Fsp3) is 0.538. The van der Waals surface area contributed by atoms with Crippen molar-refractivity contribution < 1.29 is 29.0 Å². The third-order valence-corrected chi connectivity index (χ3v) is 12.0. The average Bonchev–Trinajstić information content (AvgIpc) is 3.56. The van der Waals surface area contributed by atoms with E-state index in [9.17, 15) is 19.5 Å². The highest BCUT2D eigenvalue weighted by molar-refractivity contribution is 5.99. The van der Waals surface area contributed by atoms with Gasteiger partial charge < -0.3 is 30.9 Å². The maximum absolute atomic E-state index is 14.2. The Balaban J connectivity index is 1.45. The van der Waals surface area contributed by atoms with E-state index in [-0.39, 0.29) is 29.4 Å².